The van der Waals surface area contributed by atoms with E-state index >= 15 is 0 Å². The maximum absolute atomic E-state index is 12.7. The number of halogens is 5. The molecule has 1 saturated carbocycles. The molecular weight excluding hydrogens is 368 g/mol. The molecule has 7 heteroatoms. The number of ketones is 1. The van der Waals surface area contributed by atoms with Crippen LogP contribution < -0.4 is 0 Å². The molecule has 0 amide bonds. The zero-order chi connectivity index (χ0) is 14.4. The predicted octanol–water partition coefficient (Wildman–Crippen LogP) is 6.32. The van der Waals surface area contributed by atoms with E-state index in [1.807, 2.05) is 0 Å². The van der Waals surface area contributed by atoms with Gasteiger partial charge in [0.15, 0.2) is 5.78 Å². The van der Waals surface area contributed by atoms with Crippen molar-refractivity contribution in [1.29, 1.82) is 0 Å². The number of carbonyl (C=O) groups is 1. The van der Waals surface area contributed by atoms with Gasteiger partial charge in [-0.2, -0.15) is 0 Å². The number of carbonyl (C=O) groups excluding carboxylic acids is 1. The molecule has 1 atom stereocenters. The van der Waals surface area contributed by atoms with Gasteiger partial charge in [0.1, 0.15) is 0 Å². The Balaban J connectivity index is 2.60. The summed E-state index contributed by atoms with van der Waals surface area (Å²) < 4.78 is 0. The second-order valence-electron chi connectivity index (χ2n) is 4.64. The highest BCUT2D eigenvalue weighted by Crippen LogP contribution is 2.48. The van der Waals surface area contributed by atoms with E-state index in [9.17, 15) is 4.79 Å². The van der Waals surface area contributed by atoms with E-state index in [1.165, 1.54) is 0 Å². The van der Waals surface area contributed by atoms with E-state index in [0.717, 1.165) is 25.7 Å². The predicted molar refractivity (Wildman–Crippen MR) is 86.7 cm³/mol. The average Bonchev–Trinajstić information content (AvgIpc) is 2.82. The van der Waals surface area contributed by atoms with Crippen LogP contribution in [0.3, 0.4) is 0 Å². The van der Waals surface area contributed by atoms with Gasteiger partial charge in [0.25, 0.3) is 0 Å². The summed E-state index contributed by atoms with van der Waals surface area (Å²) >= 11 is 30.1. The number of Topliss-reactive ketones (excluding diaryl/α,β-unsaturated/α-hetero) is 1. The van der Waals surface area contributed by atoms with E-state index in [1.54, 1.807) is 0 Å². The normalized spacial score (nSPS) is 17.8. The van der Waals surface area contributed by atoms with Gasteiger partial charge in [-0.05, 0) is 12.8 Å². The fourth-order valence-electron chi connectivity index (χ4n) is 2.29. The lowest BCUT2D eigenvalue weighted by Gasteiger charge is -2.23. The van der Waals surface area contributed by atoms with Crippen LogP contribution >= 0.6 is 67.2 Å². The minimum atomic E-state index is -0.534. The Hall–Kier alpha value is 0.770. The molecule has 0 aliphatic heterocycles. The molecule has 0 aromatic heterocycles. The summed E-state index contributed by atoms with van der Waals surface area (Å²) in [7, 11) is 2.62. The number of hydrogen-bond acceptors (Lipinski definition) is 1. The maximum Gasteiger partial charge on any atom is 0.175 e. The second-order valence-corrected chi connectivity index (χ2v) is 7.63. The molecule has 0 radical (unpaired) electrons. The van der Waals surface area contributed by atoms with Gasteiger partial charge in [0.05, 0.1) is 30.7 Å². The number of benzene rings is 1. The SMILES string of the molecule is O=C(c1c(Cl)c(Cl)c(Cl)c(Cl)c1Cl)C1(P)CCCC1. The molecule has 0 bridgehead atoms. The molecule has 0 heterocycles. The molecule has 2 rings (SSSR count). The minimum Gasteiger partial charge on any atom is -0.293 e. The van der Waals surface area contributed by atoms with Gasteiger partial charge in [0.2, 0.25) is 0 Å². The Morgan fingerprint density at radius 1 is 0.842 bits per heavy atom. The highest BCUT2D eigenvalue weighted by molar-refractivity contribution is 7.21. The molecule has 1 unspecified atom stereocenters. The van der Waals surface area contributed by atoms with Gasteiger partial charge in [-0.1, -0.05) is 70.8 Å². The third-order valence-corrected chi connectivity index (χ3v) is 6.50. The van der Waals surface area contributed by atoms with Crippen molar-refractivity contribution in [2.45, 2.75) is 30.8 Å². The lowest BCUT2D eigenvalue weighted by molar-refractivity contribution is 0.0944. The summed E-state index contributed by atoms with van der Waals surface area (Å²) in [5.74, 6) is -0.148. The van der Waals surface area contributed by atoms with E-state index in [-0.39, 0.29) is 36.5 Å². The van der Waals surface area contributed by atoms with E-state index < -0.39 is 5.16 Å². The van der Waals surface area contributed by atoms with Crippen LogP contribution in [0.5, 0.6) is 0 Å². The van der Waals surface area contributed by atoms with Crippen molar-refractivity contribution in [3.05, 3.63) is 30.7 Å². The molecule has 1 fully saturated rings. The first-order valence-electron chi connectivity index (χ1n) is 5.64. The zero-order valence-electron chi connectivity index (χ0n) is 9.70. The molecule has 0 spiro atoms. The van der Waals surface area contributed by atoms with Gasteiger partial charge in [0, 0.05) is 5.16 Å². The molecule has 19 heavy (non-hydrogen) atoms. The van der Waals surface area contributed by atoms with Gasteiger partial charge in [-0.25, -0.2) is 0 Å². The highest BCUT2D eigenvalue weighted by atomic mass is 35.5. The third kappa shape index (κ3) is 2.76. The first-order valence-corrected chi connectivity index (χ1v) is 8.11. The first-order chi connectivity index (χ1) is 8.79. The molecule has 1 aromatic carbocycles. The molecular formula is C12H10Cl5OP. The molecule has 104 valence electrons. The fraction of sp³-hybridized carbons (Fsp3) is 0.417. The van der Waals surface area contributed by atoms with Crippen molar-refractivity contribution in [2.24, 2.45) is 0 Å². The van der Waals surface area contributed by atoms with E-state index in [0.29, 0.717) is 0 Å². The highest BCUT2D eigenvalue weighted by Gasteiger charge is 2.40. The van der Waals surface area contributed by atoms with Gasteiger partial charge in [-0.3, -0.25) is 4.79 Å². The van der Waals surface area contributed by atoms with Crippen molar-refractivity contribution < 1.29 is 4.79 Å². The van der Waals surface area contributed by atoms with Crippen LogP contribution in [0.25, 0.3) is 0 Å². The zero-order valence-corrected chi connectivity index (χ0v) is 14.6. The first kappa shape index (κ1) is 16.1. The summed E-state index contributed by atoms with van der Waals surface area (Å²) in [6, 6.07) is 0. The average molecular weight is 378 g/mol. The van der Waals surface area contributed by atoms with Crippen molar-refractivity contribution in [2.75, 3.05) is 0 Å². The van der Waals surface area contributed by atoms with Crippen LogP contribution in [-0.4, -0.2) is 10.9 Å². The summed E-state index contributed by atoms with van der Waals surface area (Å²) in [5, 5.41) is -0.202. The Labute approximate surface area is 139 Å². The molecule has 1 nitrogen and oxygen atoms in total. The van der Waals surface area contributed by atoms with E-state index in [4.69, 9.17) is 58.0 Å². The number of hydrogen-bond donors (Lipinski definition) is 0. The molecule has 1 aromatic rings. The minimum absolute atomic E-state index is 0.0627. The molecule has 1 aliphatic rings. The van der Waals surface area contributed by atoms with Crippen molar-refractivity contribution in [3.8, 4) is 0 Å². The van der Waals surface area contributed by atoms with Crippen LogP contribution in [0.2, 0.25) is 25.1 Å². The molecule has 0 saturated heterocycles. The molecule has 0 N–H and O–H groups in total. The summed E-state index contributed by atoms with van der Waals surface area (Å²) in [6.07, 6.45) is 3.56. The lowest BCUT2D eigenvalue weighted by atomic mass is 9.95. The van der Waals surface area contributed by atoms with Crippen LogP contribution in [0.15, 0.2) is 0 Å². The Bertz CT molecular complexity index is 523. The lowest BCUT2D eigenvalue weighted by Crippen LogP contribution is -2.29. The fourth-order valence-corrected chi connectivity index (χ4v) is 4.15. The summed E-state index contributed by atoms with van der Waals surface area (Å²) in [5.41, 5.74) is 0.166. The third-order valence-electron chi connectivity index (χ3n) is 3.38. The number of rotatable bonds is 2. The second kappa shape index (κ2) is 5.87. The van der Waals surface area contributed by atoms with E-state index in [2.05, 4.69) is 9.24 Å². The van der Waals surface area contributed by atoms with Crippen LogP contribution in [0.1, 0.15) is 36.0 Å². The van der Waals surface area contributed by atoms with Crippen LogP contribution in [0, 0.1) is 0 Å². The Kier molecular flexibility index (Phi) is 4.99. The van der Waals surface area contributed by atoms with Gasteiger partial charge < -0.3 is 0 Å². The maximum atomic E-state index is 12.7. The monoisotopic (exact) mass is 376 g/mol. The summed E-state index contributed by atoms with van der Waals surface area (Å²) in [6.45, 7) is 0. The smallest absolute Gasteiger partial charge is 0.175 e. The standard InChI is InChI=1S/C12H10Cl5OP/c13-6-5(7(14)9(16)10(17)8(6)15)11(18)12(19)3-1-2-4-12/h1-4,19H2. The van der Waals surface area contributed by atoms with Crippen LogP contribution in [0.4, 0.5) is 0 Å². The van der Waals surface area contributed by atoms with Gasteiger partial charge >= 0.3 is 0 Å². The Morgan fingerprint density at radius 2 is 1.21 bits per heavy atom. The topological polar surface area (TPSA) is 17.1 Å². The van der Waals surface area contributed by atoms with Crippen molar-refractivity contribution in [3.63, 3.8) is 0 Å². The summed E-state index contributed by atoms with van der Waals surface area (Å²) in [4.78, 5) is 12.7. The van der Waals surface area contributed by atoms with Gasteiger partial charge in [-0.15, -0.1) is 9.24 Å². The molecule has 1 aliphatic carbocycles. The largest absolute Gasteiger partial charge is 0.293 e. The van der Waals surface area contributed by atoms with Crippen LogP contribution in [-0.2, 0) is 0 Å². The van der Waals surface area contributed by atoms with Crippen molar-refractivity contribution in [1.82, 2.24) is 0 Å². The quantitative estimate of drug-likeness (QED) is 0.255. The Morgan fingerprint density at radius 3 is 1.63 bits per heavy atom. The van der Waals surface area contributed by atoms with Crippen molar-refractivity contribution >= 4 is 73.0 Å².